The number of rotatable bonds is 0. The molecule has 0 spiro atoms. The molecule has 0 amide bonds. The molecule has 2 aliphatic rings. The van der Waals surface area contributed by atoms with Gasteiger partial charge in [-0.25, -0.2) is 0 Å². The molecule has 0 aromatic rings. The van der Waals surface area contributed by atoms with E-state index >= 15 is 0 Å². The number of fused-ring (bicyclic) bond motifs is 1. The lowest BCUT2D eigenvalue weighted by Crippen LogP contribution is -2.31. The van der Waals surface area contributed by atoms with Crippen molar-refractivity contribution < 1.29 is 4.84 Å². The molecule has 2 rings (SSSR count). The molecule has 0 saturated carbocycles. The molecule has 0 aromatic carbocycles. The van der Waals surface area contributed by atoms with Gasteiger partial charge in [-0.3, -0.25) is 0 Å². The maximum atomic E-state index is 5.77. The number of hydrogen-bond donors (Lipinski definition) is 2. The van der Waals surface area contributed by atoms with Gasteiger partial charge < -0.3 is 10.6 Å². The van der Waals surface area contributed by atoms with Crippen molar-refractivity contribution in [3.8, 4) is 0 Å². The summed E-state index contributed by atoms with van der Waals surface area (Å²) in [6.45, 7) is 0.831. The third-order valence-electron chi connectivity index (χ3n) is 1.92. The zero-order valence-electron chi connectivity index (χ0n) is 5.58. The summed E-state index contributed by atoms with van der Waals surface area (Å²) in [4.78, 5) is 5.11. The monoisotopic (exact) mass is 138 g/mol. The molecule has 2 atom stereocenters. The van der Waals surface area contributed by atoms with E-state index in [-0.39, 0.29) is 6.04 Å². The molecule has 0 bridgehead atoms. The normalized spacial score (nSPS) is 36.7. The summed E-state index contributed by atoms with van der Waals surface area (Å²) < 4.78 is 0. The number of hydrogen-bond acceptors (Lipinski definition) is 3. The largest absolute Gasteiger partial charge is 0.413 e. The van der Waals surface area contributed by atoms with E-state index in [1.165, 1.54) is 0 Å². The summed E-state index contributed by atoms with van der Waals surface area (Å²) in [6.07, 6.45) is 5.88. The first-order valence-corrected chi connectivity index (χ1v) is 3.41. The Bertz CT molecular complexity index is 198. The highest BCUT2D eigenvalue weighted by Gasteiger charge is 2.28. The van der Waals surface area contributed by atoms with Crippen LogP contribution in [0.25, 0.3) is 0 Å². The molecular weight excluding hydrogens is 128 g/mol. The molecule has 3 heteroatoms. The predicted octanol–water partition coefficient (Wildman–Crippen LogP) is -0.0816. The fraction of sp³-hybridized carbons (Fsp3) is 0.429. The van der Waals surface area contributed by atoms with Crippen molar-refractivity contribution in [1.82, 2.24) is 5.48 Å². The van der Waals surface area contributed by atoms with Gasteiger partial charge in [-0.1, -0.05) is 12.2 Å². The van der Waals surface area contributed by atoms with Crippen molar-refractivity contribution in [1.29, 1.82) is 0 Å². The highest BCUT2D eigenvalue weighted by Crippen LogP contribution is 2.23. The first-order valence-electron chi connectivity index (χ1n) is 3.41. The SMILES string of the molecule is NC1C=CC=C2ONCC21. The molecule has 3 nitrogen and oxygen atoms in total. The number of nitrogens with two attached hydrogens (primary N) is 1. The fourth-order valence-electron chi connectivity index (χ4n) is 1.29. The quantitative estimate of drug-likeness (QED) is 0.492. The smallest absolute Gasteiger partial charge is 0.130 e. The van der Waals surface area contributed by atoms with Crippen LogP contribution in [0.3, 0.4) is 0 Å². The molecule has 1 aliphatic carbocycles. The van der Waals surface area contributed by atoms with Gasteiger partial charge in [0.15, 0.2) is 0 Å². The van der Waals surface area contributed by atoms with Crippen LogP contribution in [0.1, 0.15) is 0 Å². The minimum absolute atomic E-state index is 0.120. The van der Waals surface area contributed by atoms with E-state index in [4.69, 9.17) is 10.6 Å². The Balaban J connectivity index is 2.25. The van der Waals surface area contributed by atoms with E-state index < -0.39 is 0 Å². The minimum Gasteiger partial charge on any atom is -0.413 e. The molecule has 54 valence electrons. The van der Waals surface area contributed by atoms with Gasteiger partial charge in [0.2, 0.25) is 0 Å². The average Bonchev–Trinajstić information content (AvgIpc) is 2.36. The van der Waals surface area contributed by atoms with Crippen LogP contribution < -0.4 is 11.2 Å². The van der Waals surface area contributed by atoms with Crippen LogP contribution in [0.4, 0.5) is 0 Å². The van der Waals surface area contributed by atoms with Gasteiger partial charge in [-0.2, -0.15) is 5.48 Å². The summed E-state index contributed by atoms with van der Waals surface area (Å²) in [6, 6.07) is 0.120. The zero-order valence-corrected chi connectivity index (χ0v) is 5.58. The number of allylic oxidation sites excluding steroid dienone is 2. The molecule has 2 unspecified atom stereocenters. The van der Waals surface area contributed by atoms with Crippen LogP contribution in [0.5, 0.6) is 0 Å². The van der Waals surface area contributed by atoms with Crippen LogP contribution in [-0.2, 0) is 4.84 Å². The standard InChI is InChI=1S/C7H10N2O/c8-6-2-1-3-7-5(6)4-9-10-7/h1-3,5-6,9H,4,8H2. The van der Waals surface area contributed by atoms with Crippen LogP contribution in [-0.4, -0.2) is 12.6 Å². The van der Waals surface area contributed by atoms with E-state index in [0.29, 0.717) is 5.92 Å². The molecule has 1 aliphatic heterocycles. The van der Waals surface area contributed by atoms with E-state index in [0.717, 1.165) is 12.3 Å². The van der Waals surface area contributed by atoms with Gasteiger partial charge in [-0.15, -0.1) is 0 Å². The second-order valence-electron chi connectivity index (χ2n) is 2.59. The molecule has 1 heterocycles. The molecule has 1 fully saturated rings. The lowest BCUT2D eigenvalue weighted by molar-refractivity contribution is 0.154. The third kappa shape index (κ3) is 0.751. The Morgan fingerprint density at radius 2 is 2.60 bits per heavy atom. The summed E-state index contributed by atoms with van der Waals surface area (Å²) >= 11 is 0. The molecule has 0 radical (unpaired) electrons. The maximum absolute atomic E-state index is 5.77. The lowest BCUT2D eigenvalue weighted by atomic mass is 9.95. The van der Waals surface area contributed by atoms with Gasteiger partial charge in [0, 0.05) is 12.6 Å². The Morgan fingerprint density at radius 1 is 1.70 bits per heavy atom. The van der Waals surface area contributed by atoms with Crippen LogP contribution in [0.2, 0.25) is 0 Å². The lowest BCUT2D eigenvalue weighted by Gasteiger charge is -2.15. The Kier molecular flexibility index (Phi) is 1.25. The second-order valence-corrected chi connectivity index (χ2v) is 2.59. The van der Waals surface area contributed by atoms with Crippen molar-refractivity contribution in [3.05, 3.63) is 24.0 Å². The minimum atomic E-state index is 0.120. The van der Waals surface area contributed by atoms with E-state index in [1.54, 1.807) is 0 Å². The topological polar surface area (TPSA) is 47.3 Å². The summed E-state index contributed by atoms with van der Waals surface area (Å²) in [5.74, 6) is 1.32. The highest BCUT2D eigenvalue weighted by atomic mass is 16.7. The van der Waals surface area contributed by atoms with Crippen LogP contribution >= 0.6 is 0 Å². The van der Waals surface area contributed by atoms with Crippen LogP contribution in [0.15, 0.2) is 24.0 Å². The Hall–Kier alpha value is -0.800. The molecular formula is C7H10N2O. The van der Waals surface area contributed by atoms with Crippen molar-refractivity contribution in [2.45, 2.75) is 6.04 Å². The Labute approximate surface area is 59.5 Å². The fourth-order valence-corrected chi connectivity index (χ4v) is 1.29. The van der Waals surface area contributed by atoms with Gasteiger partial charge >= 0.3 is 0 Å². The van der Waals surface area contributed by atoms with Crippen LogP contribution in [0, 0.1) is 5.92 Å². The number of hydroxylamine groups is 1. The summed E-state index contributed by atoms with van der Waals surface area (Å²) in [5, 5.41) is 0. The molecule has 1 saturated heterocycles. The third-order valence-corrected chi connectivity index (χ3v) is 1.92. The zero-order chi connectivity index (χ0) is 6.97. The van der Waals surface area contributed by atoms with E-state index in [2.05, 4.69) is 5.48 Å². The predicted molar refractivity (Wildman–Crippen MR) is 37.8 cm³/mol. The Morgan fingerprint density at radius 3 is 3.40 bits per heavy atom. The molecule has 0 aromatic heterocycles. The van der Waals surface area contributed by atoms with Crippen molar-refractivity contribution in [3.63, 3.8) is 0 Å². The van der Waals surface area contributed by atoms with Gasteiger partial charge in [0.05, 0.1) is 5.92 Å². The second kappa shape index (κ2) is 2.11. The van der Waals surface area contributed by atoms with E-state index in [1.807, 2.05) is 18.2 Å². The molecule has 3 N–H and O–H groups in total. The van der Waals surface area contributed by atoms with Crippen molar-refractivity contribution in [2.24, 2.45) is 11.7 Å². The van der Waals surface area contributed by atoms with E-state index in [9.17, 15) is 0 Å². The summed E-state index contributed by atoms with van der Waals surface area (Å²) in [5.41, 5.74) is 8.58. The van der Waals surface area contributed by atoms with Gasteiger partial charge in [0.25, 0.3) is 0 Å². The molecule has 10 heavy (non-hydrogen) atoms. The van der Waals surface area contributed by atoms with Crippen molar-refractivity contribution in [2.75, 3.05) is 6.54 Å². The first kappa shape index (κ1) is 5.95. The number of nitrogens with one attached hydrogen (secondary N) is 1. The van der Waals surface area contributed by atoms with Gasteiger partial charge in [0.1, 0.15) is 5.76 Å². The van der Waals surface area contributed by atoms with Gasteiger partial charge in [-0.05, 0) is 6.08 Å². The summed E-state index contributed by atoms with van der Waals surface area (Å²) in [7, 11) is 0. The van der Waals surface area contributed by atoms with Crippen molar-refractivity contribution >= 4 is 0 Å². The average molecular weight is 138 g/mol. The maximum Gasteiger partial charge on any atom is 0.130 e. The first-order chi connectivity index (χ1) is 4.88. The highest BCUT2D eigenvalue weighted by molar-refractivity contribution is 5.22.